The second-order valence-corrected chi connectivity index (χ2v) is 5.62. The minimum atomic E-state index is -0.636. The van der Waals surface area contributed by atoms with Gasteiger partial charge >= 0.3 is 0 Å². The first-order valence-corrected chi connectivity index (χ1v) is 6.88. The van der Waals surface area contributed by atoms with Gasteiger partial charge in [0.2, 0.25) is 0 Å². The number of hydrogen-bond acceptors (Lipinski definition) is 2. The van der Waals surface area contributed by atoms with Gasteiger partial charge in [0.1, 0.15) is 0 Å². The molecule has 1 atom stereocenters. The molecule has 0 saturated carbocycles. The van der Waals surface area contributed by atoms with Crippen LogP contribution in [0.3, 0.4) is 0 Å². The van der Waals surface area contributed by atoms with Crippen molar-refractivity contribution in [1.82, 2.24) is 9.55 Å². The molecule has 0 spiro atoms. The summed E-state index contributed by atoms with van der Waals surface area (Å²) < 4.78 is 1.95. The zero-order chi connectivity index (χ0) is 14.0. The Morgan fingerprint density at radius 3 is 2.68 bits per heavy atom. The van der Waals surface area contributed by atoms with Crippen LogP contribution in [-0.2, 0) is 6.42 Å². The zero-order valence-electron chi connectivity index (χ0n) is 10.8. The van der Waals surface area contributed by atoms with Gasteiger partial charge in [-0.15, -0.1) is 0 Å². The SMILES string of the molecule is CC(C)n1cncc1C(O)Cc1ccc(Cl)cc1Cl. The maximum Gasteiger partial charge on any atom is 0.0996 e. The standard InChI is InChI=1S/C14H16Cl2N2O/c1-9(2)18-8-17-7-13(18)14(19)5-10-3-4-11(15)6-12(10)16/h3-4,6-9,14,19H,5H2,1-2H3. The summed E-state index contributed by atoms with van der Waals surface area (Å²) >= 11 is 12.0. The van der Waals surface area contributed by atoms with Crippen molar-refractivity contribution in [2.45, 2.75) is 32.4 Å². The summed E-state index contributed by atoms with van der Waals surface area (Å²) in [7, 11) is 0. The van der Waals surface area contributed by atoms with Crippen molar-refractivity contribution in [2.75, 3.05) is 0 Å². The average molecular weight is 299 g/mol. The highest BCUT2D eigenvalue weighted by atomic mass is 35.5. The number of rotatable bonds is 4. The molecule has 1 heterocycles. The van der Waals surface area contributed by atoms with Crippen LogP contribution in [0.15, 0.2) is 30.7 Å². The second-order valence-electron chi connectivity index (χ2n) is 4.78. The Hall–Kier alpha value is -1.03. The lowest BCUT2D eigenvalue weighted by Gasteiger charge is -2.17. The first-order valence-electron chi connectivity index (χ1n) is 6.12. The van der Waals surface area contributed by atoms with Crippen LogP contribution in [0.1, 0.15) is 37.3 Å². The second kappa shape index (κ2) is 5.95. The number of halogens is 2. The molecule has 1 N–H and O–H groups in total. The summed E-state index contributed by atoms with van der Waals surface area (Å²) in [5.74, 6) is 0. The summed E-state index contributed by atoms with van der Waals surface area (Å²) in [5.41, 5.74) is 1.66. The summed E-state index contributed by atoms with van der Waals surface area (Å²) in [4.78, 5) is 4.09. The van der Waals surface area contributed by atoms with Crippen LogP contribution in [-0.4, -0.2) is 14.7 Å². The largest absolute Gasteiger partial charge is 0.386 e. The summed E-state index contributed by atoms with van der Waals surface area (Å²) in [6.07, 6.45) is 3.22. The summed E-state index contributed by atoms with van der Waals surface area (Å²) in [6, 6.07) is 5.55. The molecule has 19 heavy (non-hydrogen) atoms. The van der Waals surface area contributed by atoms with E-state index in [1.165, 1.54) is 0 Å². The molecule has 5 heteroatoms. The van der Waals surface area contributed by atoms with Crippen molar-refractivity contribution in [1.29, 1.82) is 0 Å². The molecule has 0 amide bonds. The van der Waals surface area contributed by atoms with Gasteiger partial charge in [0.25, 0.3) is 0 Å². The van der Waals surface area contributed by atoms with Gasteiger partial charge in [-0.1, -0.05) is 29.3 Å². The summed E-state index contributed by atoms with van der Waals surface area (Å²) in [5, 5.41) is 11.5. The lowest BCUT2D eigenvalue weighted by molar-refractivity contribution is 0.167. The number of aromatic nitrogens is 2. The van der Waals surface area contributed by atoms with Crippen LogP contribution in [0.25, 0.3) is 0 Å². The van der Waals surface area contributed by atoms with E-state index in [1.54, 1.807) is 24.7 Å². The van der Waals surface area contributed by atoms with E-state index in [0.717, 1.165) is 11.3 Å². The zero-order valence-corrected chi connectivity index (χ0v) is 12.4. The molecule has 0 fully saturated rings. The third kappa shape index (κ3) is 3.30. The van der Waals surface area contributed by atoms with Crippen molar-refractivity contribution in [2.24, 2.45) is 0 Å². The fourth-order valence-electron chi connectivity index (χ4n) is 2.00. The highest BCUT2D eigenvalue weighted by Gasteiger charge is 2.16. The van der Waals surface area contributed by atoms with Gasteiger partial charge in [-0.3, -0.25) is 0 Å². The Labute approximate surface area is 122 Å². The number of aliphatic hydroxyl groups excluding tert-OH is 1. The molecule has 2 aromatic rings. The van der Waals surface area contributed by atoms with Crippen molar-refractivity contribution in [3.8, 4) is 0 Å². The molecule has 1 aromatic carbocycles. The third-order valence-electron chi connectivity index (χ3n) is 3.02. The first-order chi connectivity index (χ1) is 8.99. The topological polar surface area (TPSA) is 38.0 Å². The van der Waals surface area contributed by atoms with Gasteiger partial charge in [-0.25, -0.2) is 4.98 Å². The predicted octanol–water partition coefficient (Wildman–Crippen LogP) is 4.05. The minimum absolute atomic E-state index is 0.257. The molecular weight excluding hydrogens is 283 g/mol. The molecule has 0 aliphatic carbocycles. The molecule has 1 unspecified atom stereocenters. The van der Waals surface area contributed by atoms with Crippen LogP contribution in [0, 0.1) is 0 Å². The quantitative estimate of drug-likeness (QED) is 0.925. The Morgan fingerprint density at radius 1 is 1.32 bits per heavy atom. The van der Waals surface area contributed by atoms with Gasteiger partial charge in [-0.05, 0) is 31.5 Å². The van der Waals surface area contributed by atoms with E-state index in [2.05, 4.69) is 4.98 Å². The van der Waals surface area contributed by atoms with Crippen LogP contribution >= 0.6 is 23.2 Å². The molecule has 0 aliphatic heterocycles. The lowest BCUT2D eigenvalue weighted by Crippen LogP contribution is -2.11. The molecule has 1 aromatic heterocycles. The molecule has 0 aliphatic rings. The van der Waals surface area contributed by atoms with Gasteiger partial charge in [-0.2, -0.15) is 0 Å². The van der Waals surface area contributed by atoms with Crippen molar-refractivity contribution in [3.63, 3.8) is 0 Å². The highest BCUT2D eigenvalue weighted by molar-refractivity contribution is 6.35. The lowest BCUT2D eigenvalue weighted by atomic mass is 10.1. The maximum absolute atomic E-state index is 10.3. The number of benzene rings is 1. The molecule has 0 bridgehead atoms. The van der Waals surface area contributed by atoms with Crippen LogP contribution in [0.5, 0.6) is 0 Å². The molecule has 0 radical (unpaired) electrons. The summed E-state index contributed by atoms with van der Waals surface area (Å²) in [6.45, 7) is 4.10. The Bertz CT molecular complexity index is 566. The van der Waals surface area contributed by atoms with Crippen molar-refractivity contribution >= 4 is 23.2 Å². The van der Waals surface area contributed by atoms with Gasteiger partial charge in [0, 0.05) is 22.5 Å². The van der Waals surface area contributed by atoms with E-state index in [0.29, 0.717) is 16.5 Å². The molecule has 3 nitrogen and oxygen atoms in total. The number of imidazole rings is 1. The van der Waals surface area contributed by atoms with E-state index < -0.39 is 6.10 Å². The fraction of sp³-hybridized carbons (Fsp3) is 0.357. The van der Waals surface area contributed by atoms with E-state index in [9.17, 15) is 5.11 Å². The van der Waals surface area contributed by atoms with Crippen LogP contribution in [0.4, 0.5) is 0 Å². The highest BCUT2D eigenvalue weighted by Crippen LogP contribution is 2.27. The van der Waals surface area contributed by atoms with E-state index in [-0.39, 0.29) is 6.04 Å². The van der Waals surface area contributed by atoms with E-state index in [4.69, 9.17) is 23.2 Å². The molecule has 2 rings (SSSR count). The third-order valence-corrected chi connectivity index (χ3v) is 3.61. The fourth-order valence-corrected chi connectivity index (χ4v) is 2.49. The van der Waals surface area contributed by atoms with Gasteiger partial charge < -0.3 is 9.67 Å². The molecular formula is C14H16Cl2N2O. The molecule has 102 valence electrons. The van der Waals surface area contributed by atoms with Gasteiger partial charge in [0.15, 0.2) is 0 Å². The smallest absolute Gasteiger partial charge is 0.0996 e. The number of aliphatic hydroxyl groups is 1. The average Bonchev–Trinajstić information content (AvgIpc) is 2.82. The molecule has 0 saturated heterocycles. The number of nitrogens with zero attached hydrogens (tertiary/aromatic N) is 2. The Morgan fingerprint density at radius 2 is 2.05 bits per heavy atom. The Kier molecular flexibility index (Phi) is 4.50. The minimum Gasteiger partial charge on any atom is -0.386 e. The number of hydrogen-bond donors (Lipinski definition) is 1. The first kappa shape index (κ1) is 14.4. The van der Waals surface area contributed by atoms with Crippen LogP contribution < -0.4 is 0 Å². The normalized spacial score (nSPS) is 12.9. The van der Waals surface area contributed by atoms with Crippen LogP contribution in [0.2, 0.25) is 10.0 Å². The Balaban J connectivity index is 2.21. The maximum atomic E-state index is 10.3. The van der Waals surface area contributed by atoms with Gasteiger partial charge in [0.05, 0.1) is 24.3 Å². The van der Waals surface area contributed by atoms with Crippen molar-refractivity contribution in [3.05, 3.63) is 52.0 Å². The predicted molar refractivity (Wildman–Crippen MR) is 77.7 cm³/mol. The van der Waals surface area contributed by atoms with Crippen molar-refractivity contribution < 1.29 is 5.11 Å². The monoisotopic (exact) mass is 298 g/mol. The van der Waals surface area contributed by atoms with E-state index >= 15 is 0 Å². The van der Waals surface area contributed by atoms with E-state index in [1.807, 2.05) is 24.5 Å².